The standard InChI is InChI=1S/C25H28N6O3/c1-16-10-17(11-22(32)29-19-12-28-31(15-19)25(2,3)4)6-8-20(16)34-23-13-27-21-9-7-18(14-30(21)23)24(33)26-5/h6-10,12-15H,11H2,1-5H3,(H,26,33)(H,29,32). The Bertz CT molecular complexity index is 1360. The summed E-state index contributed by atoms with van der Waals surface area (Å²) in [4.78, 5) is 28.8. The van der Waals surface area contributed by atoms with Crippen molar-refractivity contribution >= 4 is 23.1 Å². The number of fused-ring (bicyclic) bond motifs is 1. The summed E-state index contributed by atoms with van der Waals surface area (Å²) in [6.45, 7) is 8.06. The molecule has 2 amide bonds. The van der Waals surface area contributed by atoms with Gasteiger partial charge in [0.1, 0.15) is 11.4 Å². The number of nitrogens with one attached hydrogen (secondary N) is 2. The molecule has 0 fully saturated rings. The Morgan fingerprint density at radius 2 is 1.88 bits per heavy atom. The van der Waals surface area contributed by atoms with Crippen molar-refractivity contribution in [3.8, 4) is 11.6 Å². The molecule has 0 spiro atoms. The first kappa shape index (κ1) is 23.0. The molecule has 3 aromatic heterocycles. The van der Waals surface area contributed by atoms with Crippen LogP contribution < -0.4 is 15.4 Å². The Kier molecular flexibility index (Phi) is 6.10. The van der Waals surface area contributed by atoms with Crippen LogP contribution in [0.15, 0.2) is 55.1 Å². The van der Waals surface area contributed by atoms with E-state index in [-0.39, 0.29) is 23.8 Å². The minimum absolute atomic E-state index is 0.120. The number of rotatable bonds is 6. The number of hydrogen-bond acceptors (Lipinski definition) is 5. The molecule has 9 heteroatoms. The molecule has 34 heavy (non-hydrogen) atoms. The SMILES string of the molecule is CNC(=O)c1ccc2ncc(Oc3ccc(CC(=O)Nc4cnn(C(C)(C)C)c4)cc3C)n2c1. The highest BCUT2D eigenvalue weighted by atomic mass is 16.5. The van der Waals surface area contributed by atoms with Crippen molar-refractivity contribution in [3.05, 3.63) is 71.8 Å². The number of imidazole rings is 1. The number of benzene rings is 1. The minimum Gasteiger partial charge on any atom is -0.438 e. The first-order valence-electron chi connectivity index (χ1n) is 11.0. The summed E-state index contributed by atoms with van der Waals surface area (Å²) in [6.07, 6.45) is 7.00. The topological polar surface area (TPSA) is 103 Å². The second-order valence-corrected chi connectivity index (χ2v) is 9.09. The molecule has 1 aromatic carbocycles. The van der Waals surface area contributed by atoms with Gasteiger partial charge >= 0.3 is 0 Å². The van der Waals surface area contributed by atoms with Crippen molar-refractivity contribution in [2.24, 2.45) is 0 Å². The predicted octanol–water partition coefficient (Wildman–Crippen LogP) is 3.93. The monoisotopic (exact) mass is 460 g/mol. The molecule has 0 saturated heterocycles. The zero-order chi connectivity index (χ0) is 24.5. The minimum atomic E-state index is -0.189. The fourth-order valence-electron chi connectivity index (χ4n) is 3.51. The van der Waals surface area contributed by atoms with Gasteiger partial charge in [-0.1, -0.05) is 12.1 Å². The number of carbonyl (C=O) groups is 2. The smallest absolute Gasteiger partial charge is 0.252 e. The maximum atomic E-state index is 12.5. The van der Waals surface area contributed by atoms with Gasteiger partial charge in [-0.25, -0.2) is 4.98 Å². The van der Waals surface area contributed by atoms with Crippen LogP contribution in [-0.2, 0) is 16.8 Å². The van der Waals surface area contributed by atoms with Crippen molar-refractivity contribution in [1.82, 2.24) is 24.5 Å². The van der Waals surface area contributed by atoms with Crippen molar-refractivity contribution in [1.29, 1.82) is 0 Å². The Morgan fingerprint density at radius 1 is 1.09 bits per heavy atom. The Morgan fingerprint density at radius 3 is 2.56 bits per heavy atom. The fraction of sp³-hybridized carbons (Fsp3) is 0.280. The normalized spacial score (nSPS) is 11.4. The lowest BCUT2D eigenvalue weighted by molar-refractivity contribution is -0.115. The lowest BCUT2D eigenvalue weighted by Gasteiger charge is -2.18. The number of amides is 2. The third-order valence-electron chi connectivity index (χ3n) is 5.33. The molecule has 0 aliphatic rings. The van der Waals surface area contributed by atoms with Gasteiger partial charge in [-0.05, 0) is 57.0 Å². The van der Waals surface area contributed by atoms with Gasteiger partial charge in [0.25, 0.3) is 5.91 Å². The van der Waals surface area contributed by atoms with Crippen LogP contribution in [0.1, 0.15) is 42.3 Å². The number of carbonyl (C=O) groups excluding carboxylic acids is 2. The van der Waals surface area contributed by atoms with Crippen molar-refractivity contribution < 1.29 is 14.3 Å². The van der Waals surface area contributed by atoms with Crippen molar-refractivity contribution in [2.75, 3.05) is 12.4 Å². The van der Waals surface area contributed by atoms with Gasteiger partial charge in [0.15, 0.2) is 0 Å². The summed E-state index contributed by atoms with van der Waals surface area (Å²) >= 11 is 0. The molecule has 0 unspecified atom stereocenters. The molecule has 0 atom stereocenters. The van der Waals surface area contributed by atoms with Crippen LogP contribution in [0.3, 0.4) is 0 Å². The Hall–Kier alpha value is -4.14. The molecule has 2 N–H and O–H groups in total. The summed E-state index contributed by atoms with van der Waals surface area (Å²) in [5.74, 6) is 0.823. The first-order chi connectivity index (χ1) is 16.1. The Balaban J connectivity index is 1.46. The zero-order valence-corrected chi connectivity index (χ0v) is 19.9. The van der Waals surface area contributed by atoms with Crippen molar-refractivity contribution in [3.63, 3.8) is 0 Å². The van der Waals surface area contributed by atoms with Crippen LogP contribution in [0, 0.1) is 6.92 Å². The molecule has 176 valence electrons. The molecule has 0 aliphatic carbocycles. The molecule has 4 aromatic rings. The molecule has 0 bridgehead atoms. The second kappa shape index (κ2) is 9.01. The maximum absolute atomic E-state index is 12.5. The third kappa shape index (κ3) is 4.93. The van der Waals surface area contributed by atoms with Crippen molar-refractivity contribution in [2.45, 2.75) is 39.7 Å². The van der Waals surface area contributed by atoms with E-state index in [1.807, 2.05) is 56.8 Å². The van der Waals surface area contributed by atoms with Gasteiger partial charge in [-0.2, -0.15) is 5.10 Å². The van der Waals surface area contributed by atoms with E-state index in [4.69, 9.17) is 4.74 Å². The van der Waals surface area contributed by atoms with E-state index in [9.17, 15) is 9.59 Å². The lowest BCUT2D eigenvalue weighted by atomic mass is 10.1. The van der Waals surface area contributed by atoms with Gasteiger partial charge in [-0.15, -0.1) is 0 Å². The number of hydrogen-bond donors (Lipinski definition) is 2. The van der Waals surface area contributed by atoms with Gasteiger partial charge in [0.2, 0.25) is 11.8 Å². The van der Waals surface area contributed by atoms with Gasteiger partial charge in [0, 0.05) is 19.4 Å². The van der Waals surface area contributed by atoms with E-state index in [1.165, 1.54) is 0 Å². The number of pyridine rings is 1. The molecular weight excluding hydrogens is 432 g/mol. The fourth-order valence-corrected chi connectivity index (χ4v) is 3.51. The summed E-state index contributed by atoms with van der Waals surface area (Å²) in [6, 6.07) is 9.09. The van der Waals surface area contributed by atoms with E-state index in [0.717, 1.165) is 11.1 Å². The highest BCUT2D eigenvalue weighted by Crippen LogP contribution is 2.27. The highest BCUT2D eigenvalue weighted by Gasteiger charge is 2.15. The molecule has 0 aliphatic heterocycles. The van der Waals surface area contributed by atoms with Crippen LogP contribution in [0.5, 0.6) is 11.6 Å². The summed E-state index contributed by atoms with van der Waals surface area (Å²) in [7, 11) is 1.59. The second-order valence-electron chi connectivity index (χ2n) is 9.09. The van der Waals surface area contributed by atoms with E-state index in [0.29, 0.717) is 28.5 Å². The van der Waals surface area contributed by atoms with E-state index < -0.39 is 0 Å². The largest absolute Gasteiger partial charge is 0.438 e. The number of ether oxygens (including phenoxy) is 1. The molecule has 9 nitrogen and oxygen atoms in total. The number of nitrogens with zero attached hydrogens (tertiary/aromatic N) is 4. The number of anilines is 1. The lowest BCUT2D eigenvalue weighted by Crippen LogP contribution is -2.22. The van der Waals surface area contributed by atoms with Gasteiger partial charge in [0.05, 0.1) is 35.6 Å². The predicted molar refractivity (Wildman–Crippen MR) is 129 cm³/mol. The average molecular weight is 461 g/mol. The van der Waals surface area contributed by atoms with Gasteiger partial charge in [-0.3, -0.25) is 18.7 Å². The highest BCUT2D eigenvalue weighted by molar-refractivity contribution is 5.94. The molecule has 0 saturated carbocycles. The molecule has 4 rings (SSSR count). The van der Waals surface area contributed by atoms with E-state index >= 15 is 0 Å². The van der Waals surface area contributed by atoms with E-state index in [2.05, 4.69) is 20.7 Å². The zero-order valence-electron chi connectivity index (χ0n) is 19.9. The van der Waals surface area contributed by atoms with Crippen LogP contribution in [-0.4, -0.2) is 38.0 Å². The number of aryl methyl sites for hydroxylation is 1. The van der Waals surface area contributed by atoms with Crippen LogP contribution in [0.4, 0.5) is 5.69 Å². The van der Waals surface area contributed by atoms with E-state index in [1.54, 1.807) is 42.2 Å². The summed E-state index contributed by atoms with van der Waals surface area (Å²) in [5, 5.41) is 9.81. The Labute approximate surface area is 197 Å². The third-order valence-corrected chi connectivity index (χ3v) is 5.33. The molecule has 3 heterocycles. The molecular formula is C25H28N6O3. The molecule has 0 radical (unpaired) electrons. The van der Waals surface area contributed by atoms with Crippen LogP contribution >= 0.6 is 0 Å². The van der Waals surface area contributed by atoms with Crippen LogP contribution in [0.25, 0.3) is 5.65 Å². The average Bonchev–Trinajstić information content (AvgIpc) is 3.42. The summed E-state index contributed by atoms with van der Waals surface area (Å²) in [5.41, 5.74) is 3.43. The quantitative estimate of drug-likeness (QED) is 0.454. The van der Waals surface area contributed by atoms with Gasteiger partial charge < -0.3 is 15.4 Å². The maximum Gasteiger partial charge on any atom is 0.252 e. The summed E-state index contributed by atoms with van der Waals surface area (Å²) < 4.78 is 9.62. The first-order valence-corrected chi connectivity index (χ1v) is 11.0. The van der Waals surface area contributed by atoms with Crippen LogP contribution in [0.2, 0.25) is 0 Å². The number of aromatic nitrogens is 4.